The van der Waals surface area contributed by atoms with E-state index in [1.165, 1.54) is 38.5 Å². The van der Waals surface area contributed by atoms with E-state index in [1.807, 2.05) is 0 Å². The largest absolute Gasteiger partial charge is 0.393 e. The maximum Gasteiger partial charge on any atom is 0.0574 e. The van der Waals surface area contributed by atoms with Crippen LogP contribution >= 0.6 is 0 Å². The molecule has 3 aliphatic rings. The predicted molar refractivity (Wildman–Crippen MR) is 66.0 cm³/mol. The molecular weight excluding hydrogens is 196 g/mol. The highest BCUT2D eigenvalue weighted by atomic mass is 16.3. The quantitative estimate of drug-likeness (QED) is 0.721. The smallest absolute Gasteiger partial charge is 0.0574 e. The van der Waals surface area contributed by atoms with Crippen LogP contribution in [0.5, 0.6) is 0 Å². The average Bonchev–Trinajstić information content (AvgIpc) is 2.92. The lowest BCUT2D eigenvalue weighted by atomic mass is 9.79. The highest BCUT2D eigenvalue weighted by Crippen LogP contribution is 2.50. The molecule has 2 fully saturated rings. The Labute approximate surface area is 98.9 Å². The summed E-state index contributed by atoms with van der Waals surface area (Å²) in [5.74, 6) is 3.41. The van der Waals surface area contributed by atoms with Crippen molar-refractivity contribution in [3.8, 4) is 0 Å². The van der Waals surface area contributed by atoms with Crippen molar-refractivity contribution < 1.29 is 5.11 Å². The van der Waals surface area contributed by atoms with Gasteiger partial charge in [-0.1, -0.05) is 18.6 Å². The van der Waals surface area contributed by atoms with Gasteiger partial charge < -0.3 is 5.11 Å². The Morgan fingerprint density at radius 1 is 1.12 bits per heavy atom. The summed E-state index contributed by atoms with van der Waals surface area (Å²) in [6, 6.07) is 0. The first-order chi connectivity index (χ1) is 7.83. The van der Waals surface area contributed by atoms with Gasteiger partial charge in [0.05, 0.1) is 6.10 Å². The molecule has 1 nitrogen and oxygen atoms in total. The Bertz CT molecular complexity index is 271. The zero-order chi connectivity index (χ0) is 11.0. The lowest BCUT2D eigenvalue weighted by molar-refractivity contribution is 0.0661. The van der Waals surface area contributed by atoms with Crippen LogP contribution in [-0.4, -0.2) is 11.2 Å². The van der Waals surface area contributed by atoms with Gasteiger partial charge in [0.25, 0.3) is 0 Å². The van der Waals surface area contributed by atoms with E-state index in [1.54, 1.807) is 0 Å². The summed E-state index contributed by atoms with van der Waals surface area (Å²) in [6.45, 7) is 0. The standard InChI is InChI=1S/C15H24O/c16-15(12-4-2-1-3-5-12)10-14-9-11-6-7-13(14)8-11/h1-2,11-16H,3-10H2. The lowest BCUT2D eigenvalue weighted by Gasteiger charge is -2.29. The molecule has 1 N–H and O–H groups in total. The second-order valence-corrected chi connectivity index (χ2v) is 6.28. The molecule has 2 bridgehead atoms. The van der Waals surface area contributed by atoms with E-state index in [0.717, 1.165) is 30.6 Å². The minimum absolute atomic E-state index is 0.0192. The normalized spacial score (nSPS) is 43.8. The fourth-order valence-corrected chi connectivity index (χ4v) is 4.33. The molecule has 0 radical (unpaired) electrons. The van der Waals surface area contributed by atoms with Gasteiger partial charge in [0.2, 0.25) is 0 Å². The van der Waals surface area contributed by atoms with Crippen LogP contribution in [0, 0.1) is 23.7 Å². The van der Waals surface area contributed by atoms with Crippen molar-refractivity contribution in [2.24, 2.45) is 23.7 Å². The van der Waals surface area contributed by atoms with Gasteiger partial charge in [0.1, 0.15) is 0 Å². The topological polar surface area (TPSA) is 20.2 Å². The Kier molecular flexibility index (Phi) is 3.06. The van der Waals surface area contributed by atoms with Gasteiger partial charge >= 0.3 is 0 Å². The SMILES string of the molecule is OC(CC1CC2CCC1C2)C1CC=CCC1. The zero-order valence-electron chi connectivity index (χ0n) is 10.1. The van der Waals surface area contributed by atoms with Crippen molar-refractivity contribution >= 4 is 0 Å². The number of hydrogen-bond donors (Lipinski definition) is 1. The van der Waals surface area contributed by atoms with E-state index in [-0.39, 0.29) is 6.10 Å². The van der Waals surface area contributed by atoms with Gasteiger partial charge in [-0.3, -0.25) is 0 Å². The molecule has 16 heavy (non-hydrogen) atoms. The van der Waals surface area contributed by atoms with Crippen molar-refractivity contribution in [2.45, 2.75) is 57.5 Å². The predicted octanol–water partition coefficient (Wildman–Crippen LogP) is 3.53. The molecule has 0 saturated heterocycles. The summed E-state index contributed by atoms with van der Waals surface area (Å²) in [6.07, 6.45) is 14.9. The highest BCUT2D eigenvalue weighted by Gasteiger charge is 2.40. The number of fused-ring (bicyclic) bond motifs is 2. The van der Waals surface area contributed by atoms with Gasteiger partial charge in [-0.15, -0.1) is 0 Å². The second-order valence-electron chi connectivity index (χ2n) is 6.28. The van der Waals surface area contributed by atoms with Gasteiger partial charge in [-0.25, -0.2) is 0 Å². The molecule has 90 valence electrons. The van der Waals surface area contributed by atoms with Crippen LogP contribution in [0.4, 0.5) is 0 Å². The molecule has 0 spiro atoms. The lowest BCUT2D eigenvalue weighted by Crippen LogP contribution is -2.26. The summed E-state index contributed by atoms with van der Waals surface area (Å²) in [5.41, 5.74) is 0. The summed E-state index contributed by atoms with van der Waals surface area (Å²) in [4.78, 5) is 0. The molecule has 3 aliphatic carbocycles. The van der Waals surface area contributed by atoms with Crippen molar-refractivity contribution in [3.63, 3.8) is 0 Å². The van der Waals surface area contributed by atoms with E-state index in [9.17, 15) is 5.11 Å². The minimum Gasteiger partial charge on any atom is -0.393 e. The third-order valence-corrected chi connectivity index (χ3v) is 5.28. The van der Waals surface area contributed by atoms with Crippen molar-refractivity contribution in [3.05, 3.63) is 12.2 Å². The van der Waals surface area contributed by atoms with Crippen LogP contribution in [0.2, 0.25) is 0 Å². The Morgan fingerprint density at radius 3 is 2.69 bits per heavy atom. The van der Waals surface area contributed by atoms with Gasteiger partial charge in [-0.05, 0) is 68.6 Å². The molecule has 0 heterocycles. The van der Waals surface area contributed by atoms with E-state index in [4.69, 9.17) is 0 Å². The highest BCUT2D eigenvalue weighted by molar-refractivity contribution is 4.95. The Balaban J connectivity index is 1.52. The van der Waals surface area contributed by atoms with Crippen molar-refractivity contribution in [1.29, 1.82) is 0 Å². The molecule has 1 heteroatoms. The van der Waals surface area contributed by atoms with E-state index in [2.05, 4.69) is 12.2 Å². The van der Waals surface area contributed by atoms with Crippen LogP contribution in [0.15, 0.2) is 12.2 Å². The fraction of sp³-hybridized carbons (Fsp3) is 0.867. The summed E-state index contributed by atoms with van der Waals surface area (Å²) in [5, 5.41) is 10.3. The fourth-order valence-electron chi connectivity index (χ4n) is 4.33. The van der Waals surface area contributed by atoms with Crippen LogP contribution in [0.1, 0.15) is 51.4 Å². The van der Waals surface area contributed by atoms with E-state index in [0.29, 0.717) is 5.92 Å². The molecule has 0 aliphatic heterocycles. The molecule has 0 aromatic carbocycles. The first-order valence-electron chi connectivity index (χ1n) is 7.16. The van der Waals surface area contributed by atoms with E-state index >= 15 is 0 Å². The van der Waals surface area contributed by atoms with Crippen LogP contribution in [-0.2, 0) is 0 Å². The maximum absolute atomic E-state index is 10.3. The van der Waals surface area contributed by atoms with Crippen molar-refractivity contribution in [2.75, 3.05) is 0 Å². The summed E-state index contributed by atoms with van der Waals surface area (Å²) in [7, 11) is 0. The Morgan fingerprint density at radius 2 is 2.06 bits per heavy atom. The third-order valence-electron chi connectivity index (χ3n) is 5.28. The Hall–Kier alpha value is -0.300. The average molecular weight is 220 g/mol. The molecular formula is C15H24O. The summed E-state index contributed by atoms with van der Waals surface area (Å²) >= 11 is 0. The molecule has 5 unspecified atom stereocenters. The van der Waals surface area contributed by atoms with Crippen LogP contribution < -0.4 is 0 Å². The summed E-state index contributed by atoms with van der Waals surface area (Å²) < 4.78 is 0. The molecule has 0 aromatic rings. The third kappa shape index (κ3) is 2.07. The minimum atomic E-state index is -0.0192. The zero-order valence-corrected chi connectivity index (χ0v) is 10.1. The molecule has 0 amide bonds. The van der Waals surface area contributed by atoms with Gasteiger partial charge in [0.15, 0.2) is 0 Å². The van der Waals surface area contributed by atoms with Crippen LogP contribution in [0.25, 0.3) is 0 Å². The first-order valence-corrected chi connectivity index (χ1v) is 7.16. The van der Waals surface area contributed by atoms with E-state index < -0.39 is 0 Å². The molecule has 0 aromatic heterocycles. The number of hydrogen-bond acceptors (Lipinski definition) is 1. The molecule has 5 atom stereocenters. The molecule has 2 saturated carbocycles. The van der Waals surface area contributed by atoms with Gasteiger partial charge in [-0.2, -0.15) is 0 Å². The first kappa shape index (κ1) is 10.8. The maximum atomic E-state index is 10.3. The number of allylic oxidation sites excluding steroid dienone is 2. The van der Waals surface area contributed by atoms with Gasteiger partial charge in [0, 0.05) is 0 Å². The number of aliphatic hydroxyl groups is 1. The van der Waals surface area contributed by atoms with Crippen molar-refractivity contribution in [1.82, 2.24) is 0 Å². The second kappa shape index (κ2) is 4.52. The number of aliphatic hydroxyl groups excluding tert-OH is 1. The molecule has 3 rings (SSSR count). The monoisotopic (exact) mass is 220 g/mol. The number of rotatable bonds is 3. The van der Waals surface area contributed by atoms with Crippen LogP contribution in [0.3, 0.4) is 0 Å².